The van der Waals surface area contributed by atoms with Gasteiger partial charge in [-0.25, -0.2) is 4.98 Å². The molecule has 2 aromatic rings. The first kappa shape index (κ1) is 18.4. The molecule has 2 heterocycles. The topological polar surface area (TPSA) is 74.3 Å². The van der Waals surface area contributed by atoms with Crippen LogP contribution in [0.3, 0.4) is 0 Å². The Morgan fingerprint density at radius 1 is 1.15 bits per heavy atom. The Morgan fingerprint density at radius 2 is 1.85 bits per heavy atom. The zero-order valence-electron chi connectivity index (χ0n) is 14.5. The van der Waals surface area contributed by atoms with Crippen molar-refractivity contribution in [1.29, 1.82) is 0 Å². The predicted octanol–water partition coefficient (Wildman–Crippen LogP) is 3.20. The number of amides is 2. The van der Waals surface area contributed by atoms with E-state index in [1.54, 1.807) is 18.3 Å². The average Bonchev–Trinajstić information content (AvgIpc) is 2.64. The zero-order chi connectivity index (χ0) is 18.5. The molecular weight excluding hydrogens is 396 g/mol. The second-order valence-corrected chi connectivity index (χ2v) is 7.21. The van der Waals surface area contributed by atoms with Gasteiger partial charge in [-0.3, -0.25) is 9.59 Å². The summed E-state index contributed by atoms with van der Waals surface area (Å²) in [7, 11) is 0. The Balaban J connectivity index is 1.71. The Bertz CT molecular complexity index is 786. The molecule has 136 valence electrons. The summed E-state index contributed by atoms with van der Waals surface area (Å²) in [6.07, 6.45) is 3.37. The number of carbonyl (C=O) groups excluding carboxylic acids is 2. The highest BCUT2D eigenvalue weighted by Gasteiger charge is 2.24. The summed E-state index contributed by atoms with van der Waals surface area (Å²) in [5.74, 6) is 0.499. The molecule has 0 bridgehead atoms. The number of pyridine rings is 1. The van der Waals surface area contributed by atoms with E-state index in [0.29, 0.717) is 11.4 Å². The fourth-order valence-corrected chi connectivity index (χ4v) is 3.35. The van der Waals surface area contributed by atoms with Gasteiger partial charge in [0.2, 0.25) is 5.91 Å². The van der Waals surface area contributed by atoms with Gasteiger partial charge in [0.05, 0.1) is 5.56 Å². The number of hydrogen-bond acceptors (Lipinski definition) is 4. The van der Waals surface area contributed by atoms with Crippen LogP contribution in [-0.2, 0) is 4.79 Å². The zero-order valence-corrected chi connectivity index (χ0v) is 16.1. The average molecular weight is 417 g/mol. The molecule has 0 aliphatic carbocycles. The minimum Gasteiger partial charge on any atom is -0.356 e. The van der Waals surface area contributed by atoms with E-state index in [-0.39, 0.29) is 17.9 Å². The number of anilines is 2. The molecule has 1 fully saturated rings. The summed E-state index contributed by atoms with van der Waals surface area (Å²) in [5.41, 5.74) is 1.28. The van der Waals surface area contributed by atoms with Gasteiger partial charge >= 0.3 is 0 Å². The molecule has 1 aromatic carbocycles. The first-order valence-corrected chi connectivity index (χ1v) is 9.36. The molecule has 1 aliphatic heterocycles. The third-order valence-corrected chi connectivity index (χ3v) is 4.86. The van der Waals surface area contributed by atoms with E-state index in [2.05, 4.69) is 36.4 Å². The molecule has 2 N–H and O–H groups in total. The van der Waals surface area contributed by atoms with E-state index in [4.69, 9.17) is 0 Å². The van der Waals surface area contributed by atoms with Gasteiger partial charge in [-0.05, 0) is 49.2 Å². The number of carbonyl (C=O) groups is 2. The van der Waals surface area contributed by atoms with Crippen molar-refractivity contribution in [2.24, 2.45) is 0 Å². The number of rotatable bonds is 4. The molecule has 1 aliphatic rings. The van der Waals surface area contributed by atoms with Crippen LogP contribution in [0.25, 0.3) is 0 Å². The molecule has 0 radical (unpaired) electrons. The molecule has 0 spiro atoms. The summed E-state index contributed by atoms with van der Waals surface area (Å²) in [6.45, 7) is 3.04. The normalized spacial score (nSPS) is 14.8. The fraction of sp³-hybridized carbons (Fsp3) is 0.316. The van der Waals surface area contributed by atoms with E-state index in [0.717, 1.165) is 36.1 Å². The molecule has 1 aromatic heterocycles. The van der Waals surface area contributed by atoms with Crippen LogP contribution in [-0.4, -0.2) is 35.9 Å². The molecule has 0 atom stereocenters. The molecule has 7 heteroatoms. The first-order chi connectivity index (χ1) is 12.5. The van der Waals surface area contributed by atoms with E-state index in [1.165, 1.54) is 6.92 Å². The highest BCUT2D eigenvalue weighted by molar-refractivity contribution is 9.10. The molecule has 0 saturated carbocycles. The molecule has 6 nitrogen and oxygen atoms in total. The van der Waals surface area contributed by atoms with Gasteiger partial charge < -0.3 is 15.5 Å². The number of hydrogen-bond donors (Lipinski definition) is 2. The summed E-state index contributed by atoms with van der Waals surface area (Å²) in [5, 5.41) is 5.88. The van der Waals surface area contributed by atoms with Crippen LogP contribution >= 0.6 is 15.9 Å². The van der Waals surface area contributed by atoms with Gasteiger partial charge in [-0.1, -0.05) is 15.9 Å². The van der Waals surface area contributed by atoms with Gasteiger partial charge in [-0.2, -0.15) is 0 Å². The first-order valence-electron chi connectivity index (χ1n) is 8.57. The van der Waals surface area contributed by atoms with Crippen molar-refractivity contribution in [3.63, 3.8) is 0 Å². The van der Waals surface area contributed by atoms with Gasteiger partial charge in [0, 0.05) is 42.4 Å². The van der Waals surface area contributed by atoms with Crippen molar-refractivity contribution >= 4 is 39.2 Å². The minimum atomic E-state index is -0.181. The lowest BCUT2D eigenvalue weighted by atomic mass is 10.0. The number of piperidine rings is 1. The van der Waals surface area contributed by atoms with E-state index in [1.807, 2.05) is 24.3 Å². The molecule has 1 saturated heterocycles. The van der Waals surface area contributed by atoms with Gasteiger partial charge in [0.1, 0.15) is 5.82 Å². The van der Waals surface area contributed by atoms with Crippen LogP contribution in [0.2, 0.25) is 0 Å². The van der Waals surface area contributed by atoms with Crippen LogP contribution in [0.15, 0.2) is 47.1 Å². The van der Waals surface area contributed by atoms with Crippen LogP contribution in [0, 0.1) is 0 Å². The van der Waals surface area contributed by atoms with E-state index < -0.39 is 0 Å². The van der Waals surface area contributed by atoms with Crippen LogP contribution in [0.5, 0.6) is 0 Å². The molecule has 0 unspecified atom stereocenters. The molecule has 3 rings (SSSR count). The van der Waals surface area contributed by atoms with Crippen LogP contribution in [0.1, 0.15) is 30.1 Å². The second kappa shape index (κ2) is 8.31. The van der Waals surface area contributed by atoms with Crippen molar-refractivity contribution in [3.8, 4) is 0 Å². The van der Waals surface area contributed by atoms with Crippen LogP contribution in [0.4, 0.5) is 11.5 Å². The number of benzene rings is 1. The standard InChI is InChI=1S/C19H21BrN4O2/c1-13(25)22-16-8-11-24(12-9-16)18-17(3-2-10-21-18)19(26)23-15-6-4-14(20)5-7-15/h2-7,10,16H,8-9,11-12H2,1H3,(H,22,25)(H,23,26). The fourth-order valence-electron chi connectivity index (χ4n) is 3.08. The maximum Gasteiger partial charge on any atom is 0.259 e. The lowest BCUT2D eigenvalue weighted by molar-refractivity contribution is -0.119. The second-order valence-electron chi connectivity index (χ2n) is 6.30. The largest absolute Gasteiger partial charge is 0.356 e. The number of nitrogens with zero attached hydrogens (tertiary/aromatic N) is 2. The van der Waals surface area contributed by atoms with Gasteiger partial charge in [0.15, 0.2) is 0 Å². The maximum absolute atomic E-state index is 12.7. The molecular formula is C19H21BrN4O2. The highest BCUT2D eigenvalue weighted by atomic mass is 79.9. The number of halogens is 1. The highest BCUT2D eigenvalue weighted by Crippen LogP contribution is 2.23. The predicted molar refractivity (Wildman–Crippen MR) is 105 cm³/mol. The summed E-state index contributed by atoms with van der Waals surface area (Å²) in [6, 6.07) is 11.2. The lowest BCUT2D eigenvalue weighted by Gasteiger charge is -2.33. The van der Waals surface area contributed by atoms with Crippen molar-refractivity contribution in [1.82, 2.24) is 10.3 Å². The van der Waals surface area contributed by atoms with Crippen molar-refractivity contribution in [2.75, 3.05) is 23.3 Å². The molecule has 26 heavy (non-hydrogen) atoms. The SMILES string of the molecule is CC(=O)NC1CCN(c2ncccc2C(=O)Nc2ccc(Br)cc2)CC1. The van der Waals surface area contributed by atoms with Gasteiger partial charge in [0.25, 0.3) is 5.91 Å². The summed E-state index contributed by atoms with van der Waals surface area (Å²) in [4.78, 5) is 30.5. The minimum absolute atomic E-state index is 0.00384. The third-order valence-electron chi connectivity index (χ3n) is 4.34. The monoisotopic (exact) mass is 416 g/mol. The Labute approximate surface area is 161 Å². The summed E-state index contributed by atoms with van der Waals surface area (Å²) >= 11 is 3.38. The van der Waals surface area contributed by atoms with E-state index in [9.17, 15) is 9.59 Å². The Kier molecular flexibility index (Phi) is 5.88. The Morgan fingerprint density at radius 3 is 2.50 bits per heavy atom. The summed E-state index contributed by atoms with van der Waals surface area (Å²) < 4.78 is 0.958. The smallest absolute Gasteiger partial charge is 0.259 e. The molecule has 2 amide bonds. The van der Waals surface area contributed by atoms with Crippen molar-refractivity contribution < 1.29 is 9.59 Å². The van der Waals surface area contributed by atoms with E-state index >= 15 is 0 Å². The number of nitrogens with one attached hydrogen (secondary N) is 2. The third kappa shape index (κ3) is 4.60. The van der Waals surface area contributed by atoms with Gasteiger partial charge in [-0.15, -0.1) is 0 Å². The van der Waals surface area contributed by atoms with Crippen molar-refractivity contribution in [2.45, 2.75) is 25.8 Å². The quantitative estimate of drug-likeness (QED) is 0.802. The maximum atomic E-state index is 12.7. The van der Waals surface area contributed by atoms with Crippen LogP contribution < -0.4 is 15.5 Å². The lowest BCUT2D eigenvalue weighted by Crippen LogP contribution is -2.44. The number of aromatic nitrogens is 1. The Hall–Kier alpha value is -2.41. The van der Waals surface area contributed by atoms with Crippen molar-refractivity contribution in [3.05, 3.63) is 52.6 Å².